The van der Waals surface area contributed by atoms with E-state index in [4.69, 9.17) is 32.1 Å². The van der Waals surface area contributed by atoms with Crippen LogP contribution in [0.4, 0.5) is 0 Å². The van der Waals surface area contributed by atoms with Crippen molar-refractivity contribution in [1.82, 2.24) is 0 Å². The Morgan fingerprint density at radius 2 is 0.474 bits per heavy atom. The molecule has 0 aliphatic heterocycles. The first kappa shape index (κ1) is 63.0. The van der Waals surface area contributed by atoms with E-state index in [0.717, 1.165) is 0 Å². The predicted octanol–water partition coefficient (Wildman–Crippen LogP) is -19.5. The molecule has 0 bridgehead atoms. The van der Waals surface area contributed by atoms with Crippen LogP contribution >= 0.6 is 0 Å². The Morgan fingerprint density at radius 1 is 0.474 bits per heavy atom. The molecule has 0 aliphatic carbocycles. The molecule has 9 nitrogen and oxygen atoms in total. The second kappa shape index (κ2) is 56.4. The van der Waals surface area contributed by atoms with E-state index in [1.807, 2.05) is 0 Å². The fraction of sp³-hybridized carbons (Fsp3) is 0. The van der Waals surface area contributed by atoms with E-state index in [1.54, 1.807) is 0 Å². The monoisotopic (exact) mass is 606 g/mol. The summed E-state index contributed by atoms with van der Waals surface area (Å²) in [5.41, 5.74) is 0. The van der Waals surface area contributed by atoms with Crippen molar-refractivity contribution in [3.63, 3.8) is 0 Å². The summed E-state index contributed by atoms with van der Waals surface area (Å²) in [4.78, 5) is 0. The molecule has 0 amide bonds. The van der Waals surface area contributed by atoms with E-state index in [2.05, 4.69) is 0 Å². The molecule has 19 heavy (non-hydrogen) atoms. The van der Waals surface area contributed by atoms with Crippen molar-refractivity contribution in [2.45, 2.75) is 0 Å². The van der Waals surface area contributed by atoms with E-state index >= 15 is 0 Å². The first-order chi connectivity index (χ1) is 5.20. The first-order valence-corrected chi connectivity index (χ1v) is 7.57. The fourth-order valence-corrected chi connectivity index (χ4v) is 0. The quantitative estimate of drug-likeness (QED) is 0.242. The third-order valence-electron chi connectivity index (χ3n) is 0. The summed E-state index contributed by atoms with van der Waals surface area (Å²) in [5.74, 6) is 0. The molecule has 0 rings (SSSR count). The number of rotatable bonds is 0. The van der Waals surface area contributed by atoms with Gasteiger partial charge in [0.05, 0.1) is 0 Å². The van der Waals surface area contributed by atoms with Gasteiger partial charge < -0.3 is 27.0 Å². The standard InChI is InChI=1S/4K.Mo.9O.2S.3Ti/q4*+1;;;;;6*-1;2*-2;;;. The summed E-state index contributed by atoms with van der Waals surface area (Å²) in [6.45, 7) is 0. The Balaban J connectivity index is -0.00000000675. The van der Waals surface area contributed by atoms with Gasteiger partial charge in [0.1, 0.15) is 0 Å². The molecule has 0 heterocycles. The van der Waals surface area contributed by atoms with Gasteiger partial charge in [0, 0.05) is 21.1 Å². The van der Waals surface area contributed by atoms with Gasteiger partial charge in [-0.1, -0.05) is 0 Å². The van der Waals surface area contributed by atoms with Gasteiger partial charge in [0.2, 0.25) is 0 Å². The van der Waals surface area contributed by atoms with Crippen LogP contribution in [-0.4, -0.2) is 0 Å². The van der Waals surface area contributed by atoms with Gasteiger partial charge in [-0.15, -0.1) is 0 Å². The minimum atomic E-state index is -4.08. The van der Waals surface area contributed by atoms with Crippen molar-refractivity contribution in [3.8, 4) is 0 Å². The first-order valence-electron chi connectivity index (χ1n) is 1.84. The zero-order chi connectivity index (χ0) is 10.7. The summed E-state index contributed by atoms with van der Waals surface area (Å²) >= 11 is -12.2. The zero-order valence-corrected chi connectivity index (χ0v) is 31.2. The normalized spacial score (nSPS) is 4.11. The van der Waals surface area contributed by atoms with Gasteiger partial charge >= 0.3 is 293 Å². The zero-order valence-electron chi connectivity index (χ0n) is 10.4. The maximum Gasteiger partial charge on any atom is -2.00 e. The van der Waals surface area contributed by atoms with Crippen LogP contribution < -0.4 is 228 Å². The summed E-state index contributed by atoms with van der Waals surface area (Å²) < 4.78 is 77.2. The van der Waals surface area contributed by atoms with E-state index in [1.165, 1.54) is 0 Å². The number of hydrogen-bond acceptors (Lipinski definition) is 9. The molecule has 94 valence electrons. The van der Waals surface area contributed by atoms with E-state index in [-0.39, 0.29) is 254 Å². The molecule has 0 atom stereocenters. The summed E-state index contributed by atoms with van der Waals surface area (Å²) in [6, 6.07) is 0. The molecule has 0 saturated carbocycles. The maximum atomic E-state index is 8.58. The van der Waals surface area contributed by atoms with Crippen molar-refractivity contribution in [2.75, 3.05) is 0 Å². The molecule has 19 heteroatoms. The van der Waals surface area contributed by atoms with Crippen molar-refractivity contribution in [3.05, 3.63) is 0 Å². The van der Waals surface area contributed by atoms with Crippen molar-refractivity contribution in [1.29, 1.82) is 0 Å². The van der Waals surface area contributed by atoms with E-state index in [0.29, 0.717) is 0 Å². The average Bonchev–Trinajstić information content (AvgIpc) is 1.54. The van der Waals surface area contributed by atoms with Gasteiger partial charge in [-0.25, -0.2) is 0 Å². The number of hydrogen-bond donors (Lipinski definition) is 0. The summed E-state index contributed by atoms with van der Waals surface area (Å²) in [5, 5.41) is 0. The molecular formula is K4MoO9S2Ti3-6. The predicted molar refractivity (Wildman–Crippen MR) is 16.8 cm³/mol. The molecule has 0 radical (unpaired) electrons. The minimum absolute atomic E-state index is 0. The molecule has 0 spiro atoms. The van der Waals surface area contributed by atoms with Crippen LogP contribution in [0.5, 0.6) is 0 Å². The second-order valence-corrected chi connectivity index (χ2v) is 3.09. The van der Waals surface area contributed by atoms with Crippen molar-refractivity contribution < 1.29 is 315 Å². The summed E-state index contributed by atoms with van der Waals surface area (Å²) in [7, 11) is 0. The molecule has 0 N–H and O–H groups in total. The van der Waals surface area contributed by atoms with Crippen LogP contribution in [0.3, 0.4) is 0 Å². The van der Waals surface area contributed by atoms with Gasteiger partial charge in [0.15, 0.2) is 0 Å². The minimum Gasteiger partial charge on any atom is -2.00 e. The Hall–Kier alpha value is 9.24. The van der Waals surface area contributed by atoms with Gasteiger partial charge in [-0.3, -0.25) is 0 Å². The summed E-state index contributed by atoms with van der Waals surface area (Å²) in [6.07, 6.45) is 0. The van der Waals surface area contributed by atoms with Gasteiger partial charge in [-0.05, 0) is 0 Å². The average molecular weight is 604 g/mol. The topological polar surface area (TPSA) is 190 Å². The van der Waals surface area contributed by atoms with Gasteiger partial charge in [0.25, 0.3) is 0 Å². The Morgan fingerprint density at radius 3 is 0.474 bits per heavy atom. The smallest absolute Gasteiger partial charge is 2.00 e. The maximum absolute atomic E-state index is 8.58. The van der Waals surface area contributed by atoms with Crippen LogP contribution in [-0.2, 0) is 114 Å². The van der Waals surface area contributed by atoms with Crippen molar-refractivity contribution in [2.24, 2.45) is 0 Å². The molecule has 0 aromatic heterocycles. The van der Waals surface area contributed by atoms with Crippen LogP contribution in [0, 0.1) is 0 Å². The fourth-order valence-electron chi connectivity index (χ4n) is 0. The van der Waals surface area contributed by atoms with Crippen LogP contribution in [0.2, 0.25) is 0 Å². The third kappa shape index (κ3) is 203. The molecular weight excluding hydrogens is 604 g/mol. The van der Waals surface area contributed by atoms with Gasteiger partial charge in [-0.2, -0.15) is 0 Å². The van der Waals surface area contributed by atoms with E-state index < -0.39 is 55.8 Å². The molecule has 0 aliphatic rings. The second-order valence-electron chi connectivity index (χ2n) is 0.750. The third-order valence-corrected chi connectivity index (χ3v) is 0. The Bertz CT molecular complexity index is 135. The van der Waals surface area contributed by atoms with Crippen molar-refractivity contribution >= 4 is 27.0 Å². The molecule has 0 aromatic carbocycles. The van der Waals surface area contributed by atoms with E-state index in [9.17, 15) is 0 Å². The Kier molecular flexibility index (Phi) is 187. The SMILES string of the molecule is [K+].[K+].[K+].[K+].[Mo].[O]=[Ti]([O-])[O-].[O]=[Ti]([O-])[O-].[O]=[Ti]([O-])[O-].[S-2].[S-2]. The molecule has 0 unspecified atom stereocenters. The largest absolute Gasteiger partial charge is 2.00 e. The van der Waals surface area contributed by atoms with Crippen LogP contribution in [0.25, 0.3) is 0 Å². The van der Waals surface area contributed by atoms with Crippen LogP contribution in [0.1, 0.15) is 0 Å². The molecule has 0 aromatic rings. The van der Waals surface area contributed by atoms with Crippen LogP contribution in [0.15, 0.2) is 0 Å². The molecule has 0 fully saturated rings. The molecule has 0 saturated heterocycles. The Labute approximate surface area is 330 Å².